The molecule has 0 bridgehead atoms. The molecule has 0 heterocycles. The van der Waals surface area contributed by atoms with Gasteiger partial charge in [0.05, 0.1) is 0 Å². The Morgan fingerprint density at radius 3 is 2.87 bits per heavy atom. The van der Waals surface area contributed by atoms with Crippen LogP contribution in [0.4, 0.5) is 4.39 Å². The zero-order valence-corrected chi connectivity index (χ0v) is 9.05. The van der Waals surface area contributed by atoms with Crippen molar-refractivity contribution in [3.8, 4) is 0 Å². The van der Waals surface area contributed by atoms with Crippen molar-refractivity contribution < 1.29 is 14.3 Å². The third-order valence-electron chi connectivity index (χ3n) is 1.80. The Balaban J connectivity index is 2.86. The van der Waals surface area contributed by atoms with Crippen molar-refractivity contribution in [2.45, 2.75) is 5.75 Å². The molecule has 0 saturated heterocycles. The van der Waals surface area contributed by atoms with Crippen LogP contribution in [0.15, 0.2) is 24.3 Å². The molecule has 15 heavy (non-hydrogen) atoms. The van der Waals surface area contributed by atoms with Crippen LogP contribution >= 0.6 is 11.8 Å². The van der Waals surface area contributed by atoms with Gasteiger partial charge in [0.2, 0.25) is 0 Å². The van der Waals surface area contributed by atoms with Crippen LogP contribution in [-0.2, 0) is 10.5 Å². The minimum atomic E-state index is -1.04. The van der Waals surface area contributed by atoms with E-state index in [9.17, 15) is 9.18 Å². The minimum absolute atomic E-state index is 0.295. The Hall–Kier alpha value is -1.29. The fourth-order valence-corrected chi connectivity index (χ4v) is 1.65. The van der Waals surface area contributed by atoms with Gasteiger partial charge in [-0.05, 0) is 29.5 Å². The molecule has 0 aliphatic rings. The van der Waals surface area contributed by atoms with Gasteiger partial charge in [-0.15, -0.1) is 0 Å². The Kier molecular flexibility index (Phi) is 4.37. The van der Waals surface area contributed by atoms with Crippen molar-refractivity contribution in [2.75, 3.05) is 6.26 Å². The maximum atomic E-state index is 13.4. The van der Waals surface area contributed by atoms with Gasteiger partial charge in [0.25, 0.3) is 0 Å². The lowest BCUT2D eigenvalue weighted by molar-refractivity contribution is -0.131. The zero-order valence-electron chi connectivity index (χ0n) is 8.24. The molecule has 4 heteroatoms. The monoisotopic (exact) mass is 226 g/mol. The molecule has 0 fully saturated rings. The number of thioether (sulfide) groups is 1. The normalized spacial score (nSPS) is 10.8. The summed E-state index contributed by atoms with van der Waals surface area (Å²) in [5.74, 6) is -0.713. The average molecular weight is 226 g/mol. The molecule has 0 aliphatic carbocycles. The summed E-state index contributed by atoms with van der Waals surface area (Å²) in [6.45, 7) is 0. The molecular weight excluding hydrogens is 215 g/mol. The smallest absolute Gasteiger partial charge is 0.328 e. The van der Waals surface area contributed by atoms with Crippen LogP contribution in [-0.4, -0.2) is 17.3 Å². The fraction of sp³-hybridized carbons (Fsp3) is 0.182. The topological polar surface area (TPSA) is 37.3 Å². The number of carboxylic acids is 1. The van der Waals surface area contributed by atoms with Gasteiger partial charge in [0.15, 0.2) is 0 Å². The van der Waals surface area contributed by atoms with E-state index in [4.69, 9.17) is 5.11 Å². The highest BCUT2D eigenvalue weighted by Crippen LogP contribution is 2.16. The Morgan fingerprint density at radius 1 is 1.60 bits per heavy atom. The van der Waals surface area contributed by atoms with Crippen LogP contribution in [0.3, 0.4) is 0 Å². The van der Waals surface area contributed by atoms with E-state index in [-0.39, 0.29) is 5.82 Å². The molecule has 0 saturated carbocycles. The molecule has 2 nitrogen and oxygen atoms in total. The fourth-order valence-electron chi connectivity index (χ4n) is 1.11. The largest absolute Gasteiger partial charge is 0.478 e. The highest BCUT2D eigenvalue weighted by molar-refractivity contribution is 7.97. The third kappa shape index (κ3) is 3.75. The molecule has 0 aromatic heterocycles. The lowest BCUT2D eigenvalue weighted by atomic mass is 10.1. The molecular formula is C11H11FO2S. The van der Waals surface area contributed by atoms with Crippen molar-refractivity contribution in [1.29, 1.82) is 0 Å². The molecule has 0 aliphatic heterocycles. The Bertz CT molecular complexity index is 388. The van der Waals surface area contributed by atoms with Crippen LogP contribution in [0.5, 0.6) is 0 Å². The molecule has 0 radical (unpaired) electrons. The van der Waals surface area contributed by atoms with Gasteiger partial charge in [-0.3, -0.25) is 0 Å². The van der Waals surface area contributed by atoms with E-state index >= 15 is 0 Å². The van der Waals surface area contributed by atoms with Crippen molar-refractivity contribution in [2.24, 2.45) is 0 Å². The molecule has 1 aromatic rings. The van der Waals surface area contributed by atoms with Crippen LogP contribution in [0.2, 0.25) is 0 Å². The van der Waals surface area contributed by atoms with E-state index in [1.807, 2.05) is 6.26 Å². The summed E-state index contributed by atoms with van der Waals surface area (Å²) in [5, 5.41) is 8.40. The van der Waals surface area contributed by atoms with Gasteiger partial charge in [-0.2, -0.15) is 11.8 Å². The first kappa shape index (κ1) is 11.8. The van der Waals surface area contributed by atoms with Gasteiger partial charge >= 0.3 is 5.97 Å². The standard InChI is InChI=1S/C11H11FO2S/c1-15-7-9-4-2-8(6-10(9)12)3-5-11(13)14/h2-6H,7H2,1H3,(H,13,14)/b5-3+. The van der Waals surface area contributed by atoms with Crippen molar-refractivity contribution in [3.63, 3.8) is 0 Å². The van der Waals surface area contributed by atoms with E-state index in [0.29, 0.717) is 16.9 Å². The molecule has 1 rings (SSSR count). The molecule has 1 N–H and O–H groups in total. The summed E-state index contributed by atoms with van der Waals surface area (Å²) in [5.41, 5.74) is 1.19. The number of carbonyl (C=O) groups is 1. The lowest BCUT2D eigenvalue weighted by Crippen LogP contribution is -1.89. The summed E-state index contributed by atoms with van der Waals surface area (Å²) < 4.78 is 13.4. The summed E-state index contributed by atoms with van der Waals surface area (Å²) in [6, 6.07) is 4.71. The number of benzene rings is 1. The highest BCUT2D eigenvalue weighted by atomic mass is 32.2. The van der Waals surface area contributed by atoms with Gasteiger partial charge < -0.3 is 5.11 Å². The zero-order chi connectivity index (χ0) is 11.3. The maximum Gasteiger partial charge on any atom is 0.328 e. The summed E-state index contributed by atoms with van der Waals surface area (Å²) in [7, 11) is 0. The number of hydrogen-bond acceptors (Lipinski definition) is 2. The van der Waals surface area contributed by atoms with Gasteiger partial charge in [0, 0.05) is 11.8 Å². The van der Waals surface area contributed by atoms with Crippen LogP contribution in [0.25, 0.3) is 6.08 Å². The first-order valence-electron chi connectivity index (χ1n) is 4.32. The molecule has 0 atom stereocenters. The van der Waals surface area contributed by atoms with Gasteiger partial charge in [-0.25, -0.2) is 9.18 Å². The Labute approximate surface area is 91.8 Å². The van der Waals surface area contributed by atoms with Gasteiger partial charge in [-0.1, -0.05) is 12.1 Å². The minimum Gasteiger partial charge on any atom is -0.478 e. The predicted octanol–water partition coefficient (Wildman–Crippen LogP) is 2.79. The van der Waals surface area contributed by atoms with Crippen LogP contribution in [0, 0.1) is 5.82 Å². The molecule has 0 spiro atoms. The number of carboxylic acid groups (broad SMARTS) is 1. The average Bonchev–Trinajstić information content (AvgIpc) is 2.19. The summed E-state index contributed by atoms with van der Waals surface area (Å²) >= 11 is 1.54. The number of rotatable bonds is 4. The third-order valence-corrected chi connectivity index (χ3v) is 2.40. The van der Waals surface area contributed by atoms with Crippen molar-refractivity contribution in [1.82, 2.24) is 0 Å². The predicted molar refractivity (Wildman–Crippen MR) is 60.3 cm³/mol. The number of aliphatic carboxylic acids is 1. The summed E-state index contributed by atoms with van der Waals surface area (Å²) in [4.78, 5) is 10.2. The second-order valence-corrected chi connectivity index (χ2v) is 3.82. The SMILES string of the molecule is CSCc1ccc(/C=C/C(=O)O)cc1F. The molecule has 1 aromatic carbocycles. The van der Waals surface area contributed by atoms with Crippen molar-refractivity contribution in [3.05, 3.63) is 41.2 Å². The quantitative estimate of drug-likeness (QED) is 0.802. The molecule has 0 amide bonds. The highest BCUT2D eigenvalue weighted by Gasteiger charge is 2.01. The molecule has 80 valence electrons. The number of hydrogen-bond donors (Lipinski definition) is 1. The first-order chi connectivity index (χ1) is 7.13. The van der Waals surface area contributed by atoms with E-state index < -0.39 is 5.97 Å². The number of halogens is 1. The van der Waals surface area contributed by atoms with Crippen molar-refractivity contribution >= 4 is 23.8 Å². The van der Waals surface area contributed by atoms with Crippen LogP contribution < -0.4 is 0 Å². The van der Waals surface area contributed by atoms with Gasteiger partial charge in [0.1, 0.15) is 5.82 Å². The van der Waals surface area contributed by atoms with Crippen LogP contribution in [0.1, 0.15) is 11.1 Å². The Morgan fingerprint density at radius 2 is 2.33 bits per heavy atom. The second kappa shape index (κ2) is 5.56. The summed E-state index contributed by atoms with van der Waals surface area (Å²) in [6.07, 6.45) is 4.26. The van der Waals surface area contributed by atoms with E-state index in [1.165, 1.54) is 12.1 Å². The maximum absolute atomic E-state index is 13.4. The first-order valence-corrected chi connectivity index (χ1v) is 5.71. The van der Waals surface area contributed by atoms with E-state index in [0.717, 1.165) is 6.08 Å². The lowest BCUT2D eigenvalue weighted by Gasteiger charge is -2.01. The second-order valence-electron chi connectivity index (χ2n) is 2.96. The van der Waals surface area contributed by atoms with E-state index in [2.05, 4.69) is 0 Å². The van der Waals surface area contributed by atoms with E-state index in [1.54, 1.807) is 23.9 Å². The molecule has 0 unspecified atom stereocenters.